The van der Waals surface area contributed by atoms with E-state index in [1.165, 1.54) is 12.4 Å². The Balaban J connectivity index is 2.22. The predicted octanol–water partition coefficient (Wildman–Crippen LogP) is 3.62. The Kier molecular flexibility index (Phi) is 4.57. The van der Waals surface area contributed by atoms with Gasteiger partial charge in [0.2, 0.25) is 0 Å². The van der Waals surface area contributed by atoms with Crippen LogP contribution in [0.5, 0.6) is 0 Å². The van der Waals surface area contributed by atoms with E-state index in [-0.39, 0.29) is 22.8 Å². The molecule has 0 aliphatic heterocycles. The summed E-state index contributed by atoms with van der Waals surface area (Å²) in [5.41, 5.74) is 1.13. The van der Waals surface area contributed by atoms with Crippen LogP contribution in [0.15, 0.2) is 36.7 Å². The lowest BCUT2D eigenvalue weighted by atomic mass is 10.1. The van der Waals surface area contributed by atoms with Crippen LogP contribution in [0.1, 0.15) is 29.0 Å². The molecule has 0 aliphatic carbocycles. The highest BCUT2D eigenvalue weighted by Crippen LogP contribution is 2.26. The quantitative estimate of drug-likeness (QED) is 0.870. The topological polar surface area (TPSA) is 46.1 Å². The largest absolute Gasteiger partial charge is 0.334 e. The molecule has 2 aromatic rings. The van der Waals surface area contributed by atoms with Gasteiger partial charge in [0.1, 0.15) is 10.8 Å². The van der Waals surface area contributed by atoms with Crippen molar-refractivity contribution in [1.29, 1.82) is 0 Å². The van der Waals surface area contributed by atoms with E-state index in [2.05, 4.69) is 9.97 Å². The maximum Gasteiger partial charge on any atom is 0.274 e. The number of benzene rings is 1. The van der Waals surface area contributed by atoms with E-state index < -0.39 is 0 Å². The number of hydrogen-bond acceptors (Lipinski definition) is 3. The Hall–Kier alpha value is -1.65. The second-order valence-electron chi connectivity index (χ2n) is 4.34. The van der Waals surface area contributed by atoms with E-state index in [4.69, 9.17) is 23.2 Å². The molecule has 6 heteroatoms. The van der Waals surface area contributed by atoms with Gasteiger partial charge < -0.3 is 4.90 Å². The summed E-state index contributed by atoms with van der Waals surface area (Å²) in [7, 11) is 1.70. The van der Waals surface area contributed by atoms with Gasteiger partial charge in [-0.1, -0.05) is 41.4 Å². The summed E-state index contributed by atoms with van der Waals surface area (Å²) in [6.07, 6.45) is 2.71. The fourth-order valence-corrected chi connectivity index (χ4v) is 2.19. The molecule has 2 rings (SSSR count). The Bertz CT molecular complexity index is 616. The minimum Gasteiger partial charge on any atom is -0.334 e. The third kappa shape index (κ3) is 3.08. The first-order valence-corrected chi connectivity index (χ1v) is 6.75. The maximum atomic E-state index is 12.3. The average molecular weight is 310 g/mol. The summed E-state index contributed by atoms with van der Waals surface area (Å²) >= 11 is 11.8. The van der Waals surface area contributed by atoms with Gasteiger partial charge in [-0.15, -0.1) is 0 Å². The third-order valence-corrected chi connectivity index (χ3v) is 3.64. The molecular weight excluding hydrogens is 297 g/mol. The number of hydrogen-bond donors (Lipinski definition) is 0. The molecule has 0 N–H and O–H groups in total. The predicted molar refractivity (Wildman–Crippen MR) is 79.0 cm³/mol. The van der Waals surface area contributed by atoms with Gasteiger partial charge in [-0.2, -0.15) is 0 Å². The zero-order chi connectivity index (χ0) is 14.7. The molecule has 1 atom stereocenters. The zero-order valence-corrected chi connectivity index (χ0v) is 12.6. The van der Waals surface area contributed by atoms with Crippen LogP contribution in [0, 0.1) is 0 Å². The van der Waals surface area contributed by atoms with Gasteiger partial charge in [0.25, 0.3) is 5.91 Å². The lowest BCUT2D eigenvalue weighted by molar-refractivity contribution is 0.0736. The second kappa shape index (κ2) is 6.20. The monoisotopic (exact) mass is 309 g/mol. The first-order valence-electron chi connectivity index (χ1n) is 6.00. The maximum absolute atomic E-state index is 12.3. The summed E-state index contributed by atoms with van der Waals surface area (Å²) in [6, 6.07) is 7.26. The van der Waals surface area contributed by atoms with Gasteiger partial charge in [-0.3, -0.25) is 4.79 Å². The minimum absolute atomic E-state index is 0.173. The SMILES string of the molecule is CC(c1ccccc1Cl)N(C)C(=O)c1cnc(Cl)cn1. The smallest absolute Gasteiger partial charge is 0.274 e. The molecule has 1 aromatic carbocycles. The van der Waals surface area contributed by atoms with E-state index in [9.17, 15) is 4.79 Å². The van der Waals surface area contributed by atoms with Crippen molar-refractivity contribution < 1.29 is 4.79 Å². The third-order valence-electron chi connectivity index (χ3n) is 3.10. The summed E-state index contributed by atoms with van der Waals surface area (Å²) in [5, 5.41) is 0.880. The highest BCUT2D eigenvalue weighted by atomic mass is 35.5. The van der Waals surface area contributed by atoms with Crippen molar-refractivity contribution in [2.75, 3.05) is 7.05 Å². The molecule has 20 heavy (non-hydrogen) atoms. The molecule has 0 saturated carbocycles. The van der Waals surface area contributed by atoms with Crippen molar-refractivity contribution in [1.82, 2.24) is 14.9 Å². The van der Waals surface area contributed by atoms with Crippen LogP contribution in [0.4, 0.5) is 0 Å². The first kappa shape index (κ1) is 14.8. The van der Waals surface area contributed by atoms with Crippen LogP contribution in [0.2, 0.25) is 10.2 Å². The van der Waals surface area contributed by atoms with E-state index in [0.717, 1.165) is 5.56 Å². The molecule has 0 radical (unpaired) electrons. The van der Waals surface area contributed by atoms with Gasteiger partial charge in [0, 0.05) is 12.1 Å². The van der Waals surface area contributed by atoms with Crippen molar-refractivity contribution in [2.45, 2.75) is 13.0 Å². The molecule has 1 amide bonds. The molecule has 1 heterocycles. The highest BCUT2D eigenvalue weighted by molar-refractivity contribution is 6.31. The molecule has 0 aliphatic rings. The van der Waals surface area contributed by atoms with E-state index in [1.54, 1.807) is 18.0 Å². The van der Waals surface area contributed by atoms with Crippen LogP contribution < -0.4 is 0 Å². The fraction of sp³-hybridized carbons (Fsp3) is 0.214. The van der Waals surface area contributed by atoms with Gasteiger partial charge in [-0.25, -0.2) is 9.97 Å². The van der Waals surface area contributed by atoms with Crippen LogP contribution >= 0.6 is 23.2 Å². The summed E-state index contributed by atoms with van der Waals surface area (Å²) in [6.45, 7) is 1.91. The molecular formula is C14H13Cl2N3O. The number of carbonyl (C=O) groups excluding carboxylic acids is 1. The van der Waals surface area contributed by atoms with Crippen LogP contribution in [-0.2, 0) is 0 Å². The molecule has 0 saturated heterocycles. The molecule has 0 spiro atoms. The van der Waals surface area contributed by atoms with Crippen molar-refractivity contribution in [3.63, 3.8) is 0 Å². The number of carbonyl (C=O) groups is 1. The lowest BCUT2D eigenvalue weighted by Crippen LogP contribution is -2.30. The van der Waals surface area contributed by atoms with Crippen LogP contribution in [0.3, 0.4) is 0 Å². The van der Waals surface area contributed by atoms with Crippen molar-refractivity contribution in [3.05, 3.63) is 58.1 Å². The molecule has 0 bridgehead atoms. The summed E-state index contributed by atoms with van der Waals surface area (Å²) in [5.74, 6) is -0.235. The van der Waals surface area contributed by atoms with E-state index in [0.29, 0.717) is 5.02 Å². The Labute approximate surface area is 127 Å². The van der Waals surface area contributed by atoms with E-state index >= 15 is 0 Å². The van der Waals surface area contributed by atoms with Gasteiger partial charge in [-0.05, 0) is 18.6 Å². The zero-order valence-electron chi connectivity index (χ0n) is 11.0. The van der Waals surface area contributed by atoms with Gasteiger partial charge in [0.05, 0.1) is 18.4 Å². The molecule has 1 unspecified atom stereocenters. The second-order valence-corrected chi connectivity index (χ2v) is 5.13. The Morgan fingerprint density at radius 2 is 1.90 bits per heavy atom. The average Bonchev–Trinajstić information content (AvgIpc) is 2.46. The summed E-state index contributed by atoms with van der Waals surface area (Å²) in [4.78, 5) is 21.7. The Morgan fingerprint density at radius 1 is 1.20 bits per heavy atom. The first-order chi connectivity index (χ1) is 9.50. The number of aromatic nitrogens is 2. The normalized spacial score (nSPS) is 12.0. The van der Waals surface area contributed by atoms with Gasteiger partial charge >= 0.3 is 0 Å². The molecule has 4 nitrogen and oxygen atoms in total. The van der Waals surface area contributed by atoms with Gasteiger partial charge in [0.15, 0.2) is 0 Å². The number of halogens is 2. The standard InChI is InChI=1S/C14H13Cl2N3O/c1-9(10-5-3-4-6-11(10)15)19(2)14(20)12-7-18-13(16)8-17-12/h3-9H,1-2H3. The number of amides is 1. The van der Waals surface area contributed by atoms with E-state index in [1.807, 2.05) is 25.1 Å². The van der Waals surface area contributed by atoms with Crippen molar-refractivity contribution >= 4 is 29.1 Å². The Morgan fingerprint density at radius 3 is 2.50 bits per heavy atom. The molecule has 104 valence electrons. The van der Waals surface area contributed by atoms with Crippen LogP contribution in [-0.4, -0.2) is 27.8 Å². The minimum atomic E-state index is -0.235. The fourth-order valence-electron chi connectivity index (χ4n) is 1.80. The number of rotatable bonds is 3. The molecule has 0 fully saturated rings. The highest BCUT2D eigenvalue weighted by Gasteiger charge is 2.21. The summed E-state index contributed by atoms with van der Waals surface area (Å²) < 4.78 is 0. The molecule has 1 aromatic heterocycles. The van der Waals surface area contributed by atoms with Crippen molar-refractivity contribution in [2.24, 2.45) is 0 Å². The number of nitrogens with zero attached hydrogens (tertiary/aromatic N) is 3. The lowest BCUT2D eigenvalue weighted by Gasteiger charge is -2.25. The van der Waals surface area contributed by atoms with Crippen molar-refractivity contribution in [3.8, 4) is 0 Å². The van der Waals surface area contributed by atoms with Crippen LogP contribution in [0.25, 0.3) is 0 Å².